The fourth-order valence-corrected chi connectivity index (χ4v) is 3.43. The summed E-state index contributed by atoms with van der Waals surface area (Å²) in [5.41, 5.74) is 6.91. The van der Waals surface area contributed by atoms with Crippen molar-refractivity contribution in [1.29, 1.82) is 0 Å². The molecule has 2 fully saturated rings. The van der Waals surface area contributed by atoms with Crippen LogP contribution in [0, 0.1) is 5.92 Å². The van der Waals surface area contributed by atoms with Crippen molar-refractivity contribution in [2.24, 2.45) is 11.7 Å². The minimum atomic E-state index is -1.83. The zero-order valence-electron chi connectivity index (χ0n) is 13.0. The zero-order chi connectivity index (χ0) is 15.9. The molecule has 0 amide bonds. The van der Waals surface area contributed by atoms with E-state index in [2.05, 4.69) is 22.1 Å². The molecule has 0 aliphatic heterocycles. The van der Waals surface area contributed by atoms with Crippen molar-refractivity contribution in [3.8, 4) is 0 Å². The lowest BCUT2D eigenvalue weighted by atomic mass is 9.95. The summed E-state index contributed by atoms with van der Waals surface area (Å²) in [5, 5.41) is 13.9. The molecule has 2 atom stereocenters. The van der Waals surface area contributed by atoms with E-state index >= 15 is 0 Å². The third-order valence-corrected chi connectivity index (χ3v) is 4.70. The molecule has 3 rings (SSSR count). The highest BCUT2D eigenvalue weighted by molar-refractivity contribution is 5.53. The van der Waals surface area contributed by atoms with Crippen LogP contribution in [0.4, 0.5) is 4.79 Å². The van der Waals surface area contributed by atoms with Crippen LogP contribution in [-0.4, -0.2) is 32.5 Å². The Balaban J connectivity index is 0.000000396. The first-order chi connectivity index (χ1) is 10.6. The summed E-state index contributed by atoms with van der Waals surface area (Å²) < 4.78 is 2.38. The number of carboxylic acid groups (broad SMARTS) is 2. The molecule has 1 aromatic heterocycles. The second-order valence-corrected chi connectivity index (χ2v) is 6.35. The van der Waals surface area contributed by atoms with Crippen LogP contribution >= 0.6 is 0 Å². The molecule has 0 spiro atoms. The van der Waals surface area contributed by atoms with Gasteiger partial charge in [0, 0.05) is 18.2 Å². The van der Waals surface area contributed by atoms with Crippen LogP contribution in [0.15, 0.2) is 12.5 Å². The van der Waals surface area contributed by atoms with Gasteiger partial charge in [-0.2, -0.15) is 0 Å². The molecule has 2 saturated carbocycles. The van der Waals surface area contributed by atoms with Crippen molar-refractivity contribution in [3.05, 3.63) is 18.2 Å². The average Bonchev–Trinajstić information content (AvgIpc) is 3.11. The standard InChI is InChI=1S/C15H25N3.CH2O3/c16-8-4-5-12-9-14(12)15-10-18(11-17-15)13-6-2-1-3-7-13;2-1(3)4/h10-14H,1-9,16H2;(H2,2,3,4). The van der Waals surface area contributed by atoms with E-state index in [1.165, 1.54) is 57.1 Å². The first kappa shape index (κ1) is 16.8. The predicted molar refractivity (Wildman–Crippen MR) is 84.1 cm³/mol. The fourth-order valence-electron chi connectivity index (χ4n) is 3.43. The van der Waals surface area contributed by atoms with Gasteiger partial charge >= 0.3 is 6.16 Å². The lowest BCUT2D eigenvalue weighted by Gasteiger charge is -2.22. The van der Waals surface area contributed by atoms with Crippen molar-refractivity contribution in [2.45, 2.75) is 63.3 Å². The minimum absolute atomic E-state index is 0.723. The number of hydrogen-bond acceptors (Lipinski definition) is 3. The van der Waals surface area contributed by atoms with Crippen molar-refractivity contribution < 1.29 is 15.0 Å². The van der Waals surface area contributed by atoms with E-state index < -0.39 is 6.16 Å². The minimum Gasteiger partial charge on any atom is -0.450 e. The average molecular weight is 309 g/mol. The van der Waals surface area contributed by atoms with Crippen LogP contribution in [0.3, 0.4) is 0 Å². The van der Waals surface area contributed by atoms with Gasteiger partial charge in [-0.3, -0.25) is 0 Å². The topological polar surface area (TPSA) is 101 Å². The third kappa shape index (κ3) is 5.02. The molecule has 2 aliphatic carbocycles. The number of aromatic nitrogens is 2. The van der Waals surface area contributed by atoms with Gasteiger partial charge in [0.1, 0.15) is 0 Å². The monoisotopic (exact) mass is 309 g/mol. The summed E-state index contributed by atoms with van der Waals surface area (Å²) in [6.45, 7) is 0.833. The number of nitrogens with two attached hydrogens (primary N) is 1. The fraction of sp³-hybridized carbons (Fsp3) is 0.750. The van der Waals surface area contributed by atoms with Crippen LogP contribution in [0.2, 0.25) is 0 Å². The molecule has 0 bridgehead atoms. The highest BCUT2D eigenvalue weighted by Crippen LogP contribution is 2.49. The molecule has 6 heteroatoms. The Morgan fingerprint density at radius 3 is 2.64 bits per heavy atom. The first-order valence-corrected chi connectivity index (χ1v) is 8.27. The summed E-state index contributed by atoms with van der Waals surface area (Å²) in [6.07, 6.45) is 13.2. The van der Waals surface area contributed by atoms with Gasteiger partial charge in [0.25, 0.3) is 0 Å². The van der Waals surface area contributed by atoms with Crippen LogP contribution in [0.25, 0.3) is 0 Å². The molecule has 1 aromatic rings. The van der Waals surface area contributed by atoms with Gasteiger partial charge in [-0.15, -0.1) is 0 Å². The smallest absolute Gasteiger partial charge is 0.450 e. The summed E-state index contributed by atoms with van der Waals surface area (Å²) in [4.78, 5) is 13.2. The van der Waals surface area contributed by atoms with E-state index in [9.17, 15) is 0 Å². The molecule has 0 saturated heterocycles. The van der Waals surface area contributed by atoms with E-state index in [4.69, 9.17) is 20.7 Å². The zero-order valence-corrected chi connectivity index (χ0v) is 13.0. The molecule has 124 valence electrons. The number of hydrogen-bond donors (Lipinski definition) is 3. The Labute approximate surface area is 131 Å². The number of nitrogens with zero attached hydrogens (tertiary/aromatic N) is 2. The molecule has 2 unspecified atom stereocenters. The predicted octanol–water partition coefficient (Wildman–Crippen LogP) is 3.45. The lowest BCUT2D eigenvalue weighted by Crippen LogP contribution is -2.10. The van der Waals surface area contributed by atoms with E-state index in [0.717, 1.165) is 24.4 Å². The molecule has 0 radical (unpaired) electrons. The SMILES string of the molecule is NCCCC1CC1c1cn(C2CCCCC2)cn1.O=C(O)O. The maximum Gasteiger partial charge on any atom is 0.503 e. The maximum atomic E-state index is 8.56. The van der Waals surface area contributed by atoms with Gasteiger partial charge in [0.2, 0.25) is 0 Å². The van der Waals surface area contributed by atoms with Gasteiger partial charge < -0.3 is 20.5 Å². The second-order valence-electron chi connectivity index (χ2n) is 6.35. The normalized spacial score (nSPS) is 24.4. The van der Waals surface area contributed by atoms with Gasteiger partial charge in [0.15, 0.2) is 0 Å². The van der Waals surface area contributed by atoms with Crippen molar-refractivity contribution in [2.75, 3.05) is 6.54 Å². The van der Waals surface area contributed by atoms with Gasteiger partial charge in [-0.1, -0.05) is 19.3 Å². The highest BCUT2D eigenvalue weighted by Gasteiger charge is 2.39. The van der Waals surface area contributed by atoms with Crippen LogP contribution < -0.4 is 5.73 Å². The van der Waals surface area contributed by atoms with Gasteiger partial charge in [-0.25, -0.2) is 9.78 Å². The Hall–Kier alpha value is -1.56. The molecule has 6 nitrogen and oxygen atoms in total. The molecule has 1 heterocycles. The summed E-state index contributed by atoms with van der Waals surface area (Å²) in [6, 6.07) is 0.723. The molecule has 2 aliphatic rings. The largest absolute Gasteiger partial charge is 0.503 e. The maximum absolute atomic E-state index is 8.56. The van der Waals surface area contributed by atoms with E-state index in [1.54, 1.807) is 0 Å². The van der Waals surface area contributed by atoms with E-state index in [1.807, 2.05) is 0 Å². The number of carbonyl (C=O) groups is 1. The summed E-state index contributed by atoms with van der Waals surface area (Å²) >= 11 is 0. The number of imidazole rings is 1. The molecule has 0 aromatic carbocycles. The lowest BCUT2D eigenvalue weighted by molar-refractivity contribution is 0.137. The second kappa shape index (κ2) is 8.17. The van der Waals surface area contributed by atoms with E-state index in [0.29, 0.717) is 0 Å². The van der Waals surface area contributed by atoms with Crippen LogP contribution in [-0.2, 0) is 0 Å². The van der Waals surface area contributed by atoms with Gasteiger partial charge in [-0.05, 0) is 44.6 Å². The summed E-state index contributed by atoms with van der Waals surface area (Å²) in [7, 11) is 0. The van der Waals surface area contributed by atoms with Crippen molar-refractivity contribution >= 4 is 6.16 Å². The Kier molecular flexibility index (Phi) is 6.24. The first-order valence-electron chi connectivity index (χ1n) is 8.27. The Morgan fingerprint density at radius 1 is 1.32 bits per heavy atom. The van der Waals surface area contributed by atoms with E-state index in [-0.39, 0.29) is 0 Å². The van der Waals surface area contributed by atoms with Gasteiger partial charge in [0.05, 0.1) is 12.0 Å². The number of rotatable bonds is 5. The molecule has 4 N–H and O–H groups in total. The van der Waals surface area contributed by atoms with Crippen LogP contribution in [0.1, 0.15) is 69.0 Å². The van der Waals surface area contributed by atoms with Crippen molar-refractivity contribution in [1.82, 2.24) is 9.55 Å². The molecular weight excluding hydrogens is 282 g/mol. The molecule has 22 heavy (non-hydrogen) atoms. The van der Waals surface area contributed by atoms with Crippen LogP contribution in [0.5, 0.6) is 0 Å². The summed E-state index contributed by atoms with van der Waals surface area (Å²) in [5.74, 6) is 1.60. The highest BCUT2D eigenvalue weighted by atomic mass is 16.6. The third-order valence-electron chi connectivity index (χ3n) is 4.70. The Bertz CT molecular complexity index is 465. The van der Waals surface area contributed by atoms with Crippen molar-refractivity contribution in [3.63, 3.8) is 0 Å². The Morgan fingerprint density at radius 2 is 2.00 bits per heavy atom. The molecular formula is C16H27N3O3. The quantitative estimate of drug-likeness (QED) is 0.773.